The van der Waals surface area contributed by atoms with Gasteiger partial charge in [-0.15, -0.1) is 0 Å². The van der Waals surface area contributed by atoms with Gasteiger partial charge in [0.05, 0.1) is 13.2 Å². The normalized spacial score (nSPS) is 18.7. The molecular weight excluding hydrogens is 310 g/mol. The molecule has 6 heteroatoms. The van der Waals surface area contributed by atoms with Gasteiger partial charge in [0, 0.05) is 19.5 Å². The molecule has 0 radical (unpaired) electrons. The van der Waals surface area contributed by atoms with Crippen molar-refractivity contribution in [3.63, 3.8) is 0 Å². The second kappa shape index (κ2) is 9.17. The number of likely N-dealkylation sites (tertiary alicyclic amines) is 1. The van der Waals surface area contributed by atoms with E-state index in [1.54, 1.807) is 6.92 Å². The minimum atomic E-state index is -0.713. The molecule has 1 saturated heterocycles. The third-order valence-electron chi connectivity index (χ3n) is 3.96. The van der Waals surface area contributed by atoms with Gasteiger partial charge >= 0.3 is 11.9 Å². The van der Waals surface area contributed by atoms with Gasteiger partial charge in [-0.1, -0.05) is 30.3 Å². The van der Waals surface area contributed by atoms with Crippen molar-refractivity contribution in [3.8, 4) is 0 Å². The fourth-order valence-corrected chi connectivity index (χ4v) is 2.64. The number of nitrogens with zero attached hydrogens (tertiary/aromatic N) is 1. The number of carbonyl (C=O) groups excluding carboxylic acids is 3. The SMILES string of the molecule is CCOC(=O)C1CCN(CC(=O)OCc2ccccc2)CCC1=O. The second-order valence-corrected chi connectivity index (χ2v) is 5.73. The summed E-state index contributed by atoms with van der Waals surface area (Å²) < 4.78 is 10.2. The minimum Gasteiger partial charge on any atom is -0.465 e. The van der Waals surface area contributed by atoms with E-state index in [2.05, 4.69) is 0 Å². The summed E-state index contributed by atoms with van der Waals surface area (Å²) in [5, 5.41) is 0. The van der Waals surface area contributed by atoms with Crippen LogP contribution in [0.25, 0.3) is 0 Å². The van der Waals surface area contributed by atoms with Crippen LogP contribution in [0.2, 0.25) is 0 Å². The van der Waals surface area contributed by atoms with Crippen molar-refractivity contribution in [2.24, 2.45) is 5.92 Å². The Balaban J connectivity index is 1.79. The van der Waals surface area contributed by atoms with Crippen LogP contribution < -0.4 is 0 Å². The van der Waals surface area contributed by atoms with E-state index in [1.807, 2.05) is 35.2 Å². The molecule has 1 aromatic carbocycles. The van der Waals surface area contributed by atoms with Crippen molar-refractivity contribution in [1.29, 1.82) is 0 Å². The predicted molar refractivity (Wildman–Crippen MR) is 87.0 cm³/mol. The number of Topliss-reactive ketones (excluding diaryl/α,β-unsaturated/α-hetero) is 1. The third-order valence-corrected chi connectivity index (χ3v) is 3.96. The summed E-state index contributed by atoms with van der Waals surface area (Å²) in [6.07, 6.45) is 0.624. The lowest BCUT2D eigenvalue weighted by atomic mass is 10.00. The number of rotatable bonds is 6. The summed E-state index contributed by atoms with van der Waals surface area (Å²) in [5.74, 6) is -1.62. The van der Waals surface area contributed by atoms with E-state index in [4.69, 9.17) is 9.47 Å². The molecule has 130 valence electrons. The number of esters is 2. The van der Waals surface area contributed by atoms with Crippen molar-refractivity contribution in [1.82, 2.24) is 4.90 Å². The van der Waals surface area contributed by atoms with Gasteiger partial charge in [-0.3, -0.25) is 19.3 Å². The zero-order chi connectivity index (χ0) is 17.4. The highest BCUT2D eigenvalue weighted by Gasteiger charge is 2.31. The van der Waals surface area contributed by atoms with Gasteiger partial charge in [0.1, 0.15) is 18.3 Å². The molecule has 1 aromatic rings. The van der Waals surface area contributed by atoms with Crippen LogP contribution in [0.1, 0.15) is 25.3 Å². The molecule has 0 amide bonds. The lowest BCUT2D eigenvalue weighted by Gasteiger charge is -2.18. The van der Waals surface area contributed by atoms with Crippen LogP contribution >= 0.6 is 0 Å². The lowest BCUT2D eigenvalue weighted by molar-refractivity contribution is -0.151. The van der Waals surface area contributed by atoms with Crippen LogP contribution in [0.4, 0.5) is 0 Å². The van der Waals surface area contributed by atoms with Crippen LogP contribution in [0.15, 0.2) is 30.3 Å². The van der Waals surface area contributed by atoms with Gasteiger partial charge in [-0.25, -0.2) is 0 Å². The molecule has 0 saturated carbocycles. The summed E-state index contributed by atoms with van der Waals surface area (Å²) in [5.41, 5.74) is 0.930. The lowest BCUT2D eigenvalue weighted by Crippen LogP contribution is -2.32. The first-order valence-corrected chi connectivity index (χ1v) is 8.21. The summed E-state index contributed by atoms with van der Waals surface area (Å²) in [7, 11) is 0. The zero-order valence-corrected chi connectivity index (χ0v) is 13.9. The summed E-state index contributed by atoms with van der Waals surface area (Å²) >= 11 is 0. The highest BCUT2D eigenvalue weighted by atomic mass is 16.5. The Kier molecular flexibility index (Phi) is 6.93. The highest BCUT2D eigenvalue weighted by Crippen LogP contribution is 2.16. The molecule has 1 aliphatic rings. The monoisotopic (exact) mass is 333 g/mol. The molecule has 0 spiro atoms. The Bertz CT molecular complexity index is 572. The fraction of sp³-hybridized carbons (Fsp3) is 0.500. The second-order valence-electron chi connectivity index (χ2n) is 5.73. The third kappa shape index (κ3) is 5.45. The summed E-state index contributed by atoms with van der Waals surface area (Å²) in [6.45, 7) is 3.28. The van der Waals surface area contributed by atoms with Gasteiger partial charge in [0.2, 0.25) is 0 Å². The van der Waals surface area contributed by atoms with Gasteiger partial charge in [0.25, 0.3) is 0 Å². The molecule has 0 bridgehead atoms. The molecule has 0 N–H and O–H groups in total. The number of benzene rings is 1. The van der Waals surface area contributed by atoms with E-state index < -0.39 is 11.9 Å². The number of ether oxygens (including phenoxy) is 2. The van der Waals surface area contributed by atoms with Gasteiger partial charge in [-0.05, 0) is 18.9 Å². The molecule has 6 nitrogen and oxygen atoms in total. The minimum absolute atomic E-state index is 0.117. The number of hydrogen-bond donors (Lipinski definition) is 0. The van der Waals surface area contributed by atoms with Gasteiger partial charge in [0.15, 0.2) is 0 Å². The average Bonchev–Trinajstić information content (AvgIpc) is 2.76. The van der Waals surface area contributed by atoms with Crippen LogP contribution in [-0.2, 0) is 30.5 Å². The number of ketones is 1. The molecule has 1 heterocycles. The van der Waals surface area contributed by atoms with E-state index in [0.29, 0.717) is 19.5 Å². The van der Waals surface area contributed by atoms with Crippen LogP contribution in [0.5, 0.6) is 0 Å². The maximum Gasteiger partial charge on any atom is 0.320 e. The van der Waals surface area contributed by atoms with Gasteiger partial charge in [-0.2, -0.15) is 0 Å². The smallest absolute Gasteiger partial charge is 0.320 e. The molecule has 1 unspecified atom stereocenters. The maximum atomic E-state index is 12.0. The first-order chi connectivity index (χ1) is 11.6. The standard InChI is InChI=1S/C18H23NO5/c1-2-23-18(22)15-8-10-19(11-9-16(15)20)12-17(21)24-13-14-6-4-3-5-7-14/h3-7,15H,2,8-13H2,1H3. The van der Waals surface area contributed by atoms with Gasteiger partial charge < -0.3 is 9.47 Å². The summed E-state index contributed by atoms with van der Waals surface area (Å²) in [6, 6.07) is 9.46. The topological polar surface area (TPSA) is 72.9 Å². The molecule has 24 heavy (non-hydrogen) atoms. The summed E-state index contributed by atoms with van der Waals surface area (Å²) in [4.78, 5) is 37.6. The van der Waals surface area contributed by atoms with E-state index in [9.17, 15) is 14.4 Å². The van der Waals surface area contributed by atoms with Crippen LogP contribution in [-0.4, -0.2) is 48.9 Å². The van der Waals surface area contributed by atoms with Crippen molar-refractivity contribution in [2.75, 3.05) is 26.2 Å². The predicted octanol–water partition coefficient (Wildman–Crippen LogP) is 1.57. The molecule has 0 aromatic heterocycles. The first-order valence-electron chi connectivity index (χ1n) is 8.21. The Morgan fingerprint density at radius 3 is 2.62 bits per heavy atom. The Hall–Kier alpha value is -2.21. The molecule has 1 atom stereocenters. The molecule has 1 fully saturated rings. The fourth-order valence-electron chi connectivity index (χ4n) is 2.64. The van der Waals surface area contributed by atoms with Crippen LogP contribution in [0, 0.1) is 5.92 Å². The van der Waals surface area contributed by atoms with Crippen molar-refractivity contribution < 1.29 is 23.9 Å². The Morgan fingerprint density at radius 1 is 1.17 bits per heavy atom. The Morgan fingerprint density at radius 2 is 1.92 bits per heavy atom. The van der Waals surface area contributed by atoms with Crippen molar-refractivity contribution in [2.45, 2.75) is 26.4 Å². The number of hydrogen-bond acceptors (Lipinski definition) is 6. The quantitative estimate of drug-likeness (QED) is 0.581. The van der Waals surface area contributed by atoms with Crippen LogP contribution in [0.3, 0.4) is 0 Å². The largest absolute Gasteiger partial charge is 0.465 e. The molecule has 2 rings (SSSR count). The molecule has 0 aliphatic carbocycles. The van der Waals surface area contributed by atoms with E-state index in [0.717, 1.165) is 5.56 Å². The zero-order valence-electron chi connectivity index (χ0n) is 13.9. The maximum absolute atomic E-state index is 12.0. The first kappa shape index (κ1) is 18.1. The van der Waals surface area contributed by atoms with E-state index >= 15 is 0 Å². The number of carbonyl (C=O) groups is 3. The molecular formula is C18H23NO5. The van der Waals surface area contributed by atoms with Crippen molar-refractivity contribution >= 4 is 17.7 Å². The average molecular weight is 333 g/mol. The Labute approximate surface area is 141 Å². The van der Waals surface area contributed by atoms with E-state index in [-0.39, 0.29) is 37.9 Å². The van der Waals surface area contributed by atoms with E-state index in [1.165, 1.54) is 0 Å². The molecule has 1 aliphatic heterocycles. The van der Waals surface area contributed by atoms with Crippen molar-refractivity contribution in [3.05, 3.63) is 35.9 Å². The highest BCUT2D eigenvalue weighted by molar-refractivity contribution is 5.99.